The standard InChI is InChI=1S/C30H28O9S/c1-35-26-17-23(29(36-2)28(30(32)37-3)27(26)20-10-13-22(31)14-11-20)21-12-15-24(25(16-21)39-40(4,33)34)38-18-19-8-6-5-7-9-19/h5-17,31H,18H2,1-4H3. The lowest BCUT2D eigenvalue weighted by atomic mass is 9.92. The maximum Gasteiger partial charge on any atom is 0.342 e. The van der Waals surface area contributed by atoms with Crippen LogP contribution in [0, 0.1) is 0 Å². The number of phenols is 1. The van der Waals surface area contributed by atoms with Crippen molar-refractivity contribution in [3.05, 3.63) is 90.0 Å². The molecule has 4 aromatic rings. The van der Waals surface area contributed by atoms with E-state index < -0.39 is 16.1 Å². The molecule has 0 fully saturated rings. The van der Waals surface area contributed by atoms with Crippen molar-refractivity contribution in [2.24, 2.45) is 0 Å². The molecule has 208 valence electrons. The lowest BCUT2D eigenvalue weighted by Gasteiger charge is -2.21. The molecule has 1 N–H and O–H groups in total. The summed E-state index contributed by atoms with van der Waals surface area (Å²) in [5, 5.41) is 9.77. The Bertz CT molecular complexity index is 1610. The number of benzene rings is 4. The topological polar surface area (TPSA) is 118 Å². The van der Waals surface area contributed by atoms with Crippen molar-refractivity contribution in [3.8, 4) is 51.0 Å². The molecule has 0 aliphatic heterocycles. The summed E-state index contributed by atoms with van der Waals surface area (Å²) in [6.45, 7) is 0.186. The third-order valence-corrected chi connectivity index (χ3v) is 6.43. The van der Waals surface area contributed by atoms with E-state index in [2.05, 4.69) is 0 Å². The van der Waals surface area contributed by atoms with Crippen molar-refractivity contribution in [2.45, 2.75) is 6.61 Å². The lowest BCUT2D eigenvalue weighted by Crippen LogP contribution is -2.10. The van der Waals surface area contributed by atoms with Crippen LogP contribution < -0.4 is 18.4 Å². The van der Waals surface area contributed by atoms with E-state index in [1.165, 1.54) is 39.5 Å². The molecule has 0 aliphatic rings. The Labute approximate surface area is 232 Å². The number of methoxy groups -OCH3 is 3. The first-order chi connectivity index (χ1) is 19.1. The average Bonchev–Trinajstić information content (AvgIpc) is 2.95. The zero-order chi connectivity index (χ0) is 28.9. The summed E-state index contributed by atoms with van der Waals surface area (Å²) in [5.74, 6) is 0.0160. The number of hydrogen-bond acceptors (Lipinski definition) is 9. The molecule has 0 heterocycles. The number of esters is 1. The molecule has 0 saturated carbocycles. The van der Waals surface area contributed by atoms with E-state index in [9.17, 15) is 18.3 Å². The molecule has 4 aromatic carbocycles. The van der Waals surface area contributed by atoms with Crippen LogP contribution in [0.1, 0.15) is 15.9 Å². The van der Waals surface area contributed by atoms with Crippen LogP contribution in [0.5, 0.6) is 28.7 Å². The van der Waals surface area contributed by atoms with Crippen LogP contribution in [0.3, 0.4) is 0 Å². The van der Waals surface area contributed by atoms with Gasteiger partial charge in [0.15, 0.2) is 11.5 Å². The van der Waals surface area contributed by atoms with Crippen LogP contribution in [-0.2, 0) is 21.5 Å². The van der Waals surface area contributed by atoms with Gasteiger partial charge in [0, 0.05) is 11.1 Å². The van der Waals surface area contributed by atoms with Gasteiger partial charge in [-0.1, -0.05) is 48.5 Å². The molecule has 0 amide bonds. The molecule has 0 aromatic heterocycles. The van der Waals surface area contributed by atoms with E-state index >= 15 is 0 Å². The fourth-order valence-corrected chi connectivity index (χ4v) is 4.65. The molecule has 0 aliphatic carbocycles. The highest BCUT2D eigenvalue weighted by Gasteiger charge is 2.28. The Kier molecular flexibility index (Phi) is 8.49. The minimum Gasteiger partial charge on any atom is -0.508 e. The molecule has 0 unspecified atom stereocenters. The molecular formula is C30H28O9S. The van der Waals surface area contributed by atoms with Crippen LogP contribution in [0.25, 0.3) is 22.3 Å². The molecule has 0 bridgehead atoms. The summed E-state index contributed by atoms with van der Waals surface area (Å²) in [6, 6.07) is 22.0. The van der Waals surface area contributed by atoms with E-state index in [-0.39, 0.29) is 35.2 Å². The Hall–Kier alpha value is -4.70. The summed E-state index contributed by atoms with van der Waals surface area (Å²) in [5.41, 5.74) is 2.81. The fourth-order valence-electron chi connectivity index (χ4n) is 4.20. The van der Waals surface area contributed by atoms with Crippen molar-refractivity contribution in [1.29, 1.82) is 0 Å². The largest absolute Gasteiger partial charge is 0.508 e. The summed E-state index contributed by atoms with van der Waals surface area (Å²) >= 11 is 0. The maximum atomic E-state index is 13.1. The van der Waals surface area contributed by atoms with E-state index in [0.717, 1.165) is 11.8 Å². The van der Waals surface area contributed by atoms with Gasteiger partial charge >= 0.3 is 16.1 Å². The number of aromatic hydroxyl groups is 1. The predicted octanol–water partition coefficient (Wildman–Crippen LogP) is 5.45. The van der Waals surface area contributed by atoms with Crippen molar-refractivity contribution in [2.75, 3.05) is 27.6 Å². The van der Waals surface area contributed by atoms with E-state index in [0.29, 0.717) is 28.0 Å². The Balaban J connectivity index is 1.90. The van der Waals surface area contributed by atoms with Gasteiger partial charge < -0.3 is 28.2 Å². The molecule has 40 heavy (non-hydrogen) atoms. The van der Waals surface area contributed by atoms with Crippen LogP contribution in [0.15, 0.2) is 78.9 Å². The summed E-state index contributed by atoms with van der Waals surface area (Å²) < 4.78 is 51.9. The van der Waals surface area contributed by atoms with Gasteiger partial charge in [0.1, 0.15) is 29.4 Å². The summed E-state index contributed by atoms with van der Waals surface area (Å²) in [6.07, 6.45) is 0.937. The number of carbonyl (C=O) groups excluding carboxylic acids is 1. The van der Waals surface area contributed by atoms with Crippen LogP contribution in [0.2, 0.25) is 0 Å². The van der Waals surface area contributed by atoms with E-state index in [1.807, 2.05) is 30.3 Å². The second kappa shape index (κ2) is 12.0. The van der Waals surface area contributed by atoms with Crippen LogP contribution >= 0.6 is 0 Å². The van der Waals surface area contributed by atoms with Crippen LogP contribution in [-0.4, -0.2) is 47.1 Å². The van der Waals surface area contributed by atoms with Gasteiger partial charge in [-0.15, -0.1) is 0 Å². The predicted molar refractivity (Wildman–Crippen MR) is 150 cm³/mol. The van der Waals surface area contributed by atoms with Gasteiger partial charge in [0.2, 0.25) is 0 Å². The lowest BCUT2D eigenvalue weighted by molar-refractivity contribution is 0.0597. The normalized spacial score (nSPS) is 11.0. The molecule has 0 spiro atoms. The van der Waals surface area contributed by atoms with Gasteiger partial charge in [-0.2, -0.15) is 8.42 Å². The molecule has 0 saturated heterocycles. The Morgan fingerprint density at radius 1 is 0.800 bits per heavy atom. The first kappa shape index (κ1) is 28.3. The molecule has 4 rings (SSSR count). The third-order valence-electron chi connectivity index (χ3n) is 5.95. The summed E-state index contributed by atoms with van der Waals surface area (Å²) in [7, 11) is 0.196. The monoisotopic (exact) mass is 564 g/mol. The molecule has 0 radical (unpaired) electrons. The highest BCUT2D eigenvalue weighted by atomic mass is 32.2. The first-order valence-corrected chi connectivity index (χ1v) is 13.8. The fraction of sp³-hybridized carbons (Fsp3) is 0.167. The minimum atomic E-state index is -3.91. The Morgan fingerprint density at radius 3 is 2.08 bits per heavy atom. The van der Waals surface area contributed by atoms with Crippen molar-refractivity contribution in [3.63, 3.8) is 0 Å². The van der Waals surface area contributed by atoms with Crippen molar-refractivity contribution in [1.82, 2.24) is 0 Å². The SMILES string of the molecule is COC(=O)c1c(OC)c(-c2ccc(OCc3ccccc3)c(OS(C)(=O)=O)c2)cc(OC)c1-c1ccc(O)cc1. The van der Waals surface area contributed by atoms with Crippen LogP contribution in [0.4, 0.5) is 0 Å². The number of ether oxygens (including phenoxy) is 4. The van der Waals surface area contributed by atoms with Gasteiger partial charge in [-0.3, -0.25) is 0 Å². The zero-order valence-electron chi connectivity index (χ0n) is 22.3. The molecule has 0 atom stereocenters. The van der Waals surface area contributed by atoms with E-state index in [1.54, 1.807) is 30.3 Å². The van der Waals surface area contributed by atoms with E-state index in [4.69, 9.17) is 23.1 Å². The zero-order valence-corrected chi connectivity index (χ0v) is 23.2. The smallest absolute Gasteiger partial charge is 0.342 e. The van der Waals surface area contributed by atoms with Gasteiger partial charge in [0.05, 0.1) is 27.6 Å². The number of phenolic OH excluding ortho intramolecular Hbond substituents is 1. The van der Waals surface area contributed by atoms with Gasteiger partial charge in [-0.05, 0) is 47.0 Å². The Morgan fingerprint density at radius 2 is 1.48 bits per heavy atom. The molecule has 9 nitrogen and oxygen atoms in total. The second-order valence-corrected chi connectivity index (χ2v) is 10.2. The minimum absolute atomic E-state index is 0.0424. The number of carbonyl (C=O) groups is 1. The third kappa shape index (κ3) is 6.29. The highest BCUT2D eigenvalue weighted by Crippen LogP contribution is 2.47. The highest BCUT2D eigenvalue weighted by molar-refractivity contribution is 7.86. The number of rotatable bonds is 10. The van der Waals surface area contributed by atoms with Gasteiger partial charge in [-0.25, -0.2) is 4.79 Å². The molecular weight excluding hydrogens is 536 g/mol. The first-order valence-electron chi connectivity index (χ1n) is 12.0. The van der Waals surface area contributed by atoms with Crippen molar-refractivity contribution < 1.29 is 41.4 Å². The maximum absolute atomic E-state index is 13.1. The molecule has 10 heteroatoms. The average molecular weight is 565 g/mol. The van der Waals surface area contributed by atoms with Gasteiger partial charge in [0.25, 0.3) is 0 Å². The number of hydrogen-bond donors (Lipinski definition) is 1. The second-order valence-electron chi connectivity index (χ2n) is 8.67. The summed E-state index contributed by atoms with van der Waals surface area (Å²) in [4.78, 5) is 13.1. The quantitative estimate of drug-likeness (QED) is 0.198. The van der Waals surface area contributed by atoms with Crippen molar-refractivity contribution >= 4 is 16.1 Å².